The van der Waals surface area contributed by atoms with Crippen LogP contribution in [0.15, 0.2) is 0 Å². The predicted molar refractivity (Wildman–Crippen MR) is 65.5 cm³/mol. The Balaban J connectivity index is 3.96. The van der Waals surface area contributed by atoms with Gasteiger partial charge in [-0.1, -0.05) is 27.2 Å². The topological polar surface area (TPSA) is 77.8 Å². The Kier molecular flexibility index (Phi) is 8.01. The molecule has 3 N–H and O–H groups in total. The number of hydrogen-bond acceptors (Lipinski definition) is 5. The molecular weight excluding hydrogens is 228 g/mol. The summed E-state index contributed by atoms with van der Waals surface area (Å²) in [5, 5.41) is 28.3. The van der Waals surface area contributed by atoms with Crippen LogP contribution in [-0.4, -0.2) is 50.9 Å². The first-order valence-electron chi connectivity index (χ1n) is 5.55. The Morgan fingerprint density at radius 2 is 1.81 bits per heavy atom. The Hall–Kier alpha value is -0.100. The quantitative estimate of drug-likeness (QED) is 0.545. The minimum atomic E-state index is -1.51. The van der Waals surface area contributed by atoms with Crippen LogP contribution in [0.3, 0.4) is 0 Å². The van der Waals surface area contributed by atoms with Crippen LogP contribution in [-0.2, 0) is 4.79 Å². The second kappa shape index (κ2) is 8.06. The fraction of sp³-hybridized carbons (Fsp3) is 0.909. The van der Waals surface area contributed by atoms with Crippen LogP contribution in [0.2, 0.25) is 0 Å². The van der Waals surface area contributed by atoms with Gasteiger partial charge in [0.05, 0.1) is 6.10 Å². The average molecular weight is 250 g/mol. The first-order valence-corrected chi connectivity index (χ1v) is 6.60. The highest BCUT2D eigenvalue weighted by Gasteiger charge is 2.25. The molecule has 0 aliphatic heterocycles. The molecule has 5 atom stereocenters. The van der Waals surface area contributed by atoms with E-state index in [1.807, 2.05) is 0 Å². The molecule has 0 bridgehead atoms. The van der Waals surface area contributed by atoms with E-state index in [2.05, 4.69) is 20.8 Å². The van der Waals surface area contributed by atoms with Crippen molar-refractivity contribution >= 4 is 18.0 Å². The first kappa shape index (κ1) is 15.9. The highest BCUT2D eigenvalue weighted by atomic mass is 32.2. The summed E-state index contributed by atoms with van der Waals surface area (Å²) >= 11 is 1.54. The maximum Gasteiger partial charge on any atom is 0.151 e. The Morgan fingerprint density at radius 3 is 2.25 bits per heavy atom. The zero-order valence-electron chi connectivity index (χ0n) is 10.0. The number of hydrogen-bond donors (Lipinski definition) is 3. The van der Waals surface area contributed by atoms with Crippen molar-refractivity contribution in [2.24, 2.45) is 5.92 Å². The van der Waals surface area contributed by atoms with Gasteiger partial charge in [-0.3, -0.25) is 0 Å². The van der Waals surface area contributed by atoms with Crippen molar-refractivity contribution in [3.05, 3.63) is 0 Å². The summed E-state index contributed by atoms with van der Waals surface area (Å²) < 4.78 is 0. The van der Waals surface area contributed by atoms with Gasteiger partial charge >= 0.3 is 0 Å². The normalized spacial score (nSPS) is 20.9. The first-order chi connectivity index (χ1) is 7.43. The Bertz CT molecular complexity index is 200. The largest absolute Gasteiger partial charge is 0.389 e. The van der Waals surface area contributed by atoms with Gasteiger partial charge in [0.15, 0.2) is 6.29 Å². The summed E-state index contributed by atoms with van der Waals surface area (Å²) in [6.45, 7) is 6.29. The molecular formula is C11H22O4S. The number of carbonyl (C=O) groups is 1. The van der Waals surface area contributed by atoms with Gasteiger partial charge in [0.25, 0.3) is 0 Å². The fourth-order valence-corrected chi connectivity index (χ4v) is 2.37. The standard InChI is InChI=1S/C11H22O4S/c1-4-7(2)8(3)16-6-10(14)11(15)9(13)5-12/h5,7-11,13-15H,4,6H2,1-3H3/t7?,8?,9-,10+,11-/m0/s1. The van der Waals surface area contributed by atoms with Crippen LogP contribution in [0, 0.1) is 5.92 Å². The third-order valence-corrected chi connectivity index (χ3v) is 4.38. The lowest BCUT2D eigenvalue weighted by Crippen LogP contribution is -2.40. The summed E-state index contributed by atoms with van der Waals surface area (Å²) in [6.07, 6.45) is -2.68. The summed E-state index contributed by atoms with van der Waals surface area (Å²) in [6, 6.07) is 0. The third kappa shape index (κ3) is 5.30. The van der Waals surface area contributed by atoms with Crippen molar-refractivity contribution in [1.29, 1.82) is 0 Å². The van der Waals surface area contributed by atoms with Crippen molar-refractivity contribution in [3.8, 4) is 0 Å². The summed E-state index contributed by atoms with van der Waals surface area (Å²) in [5.74, 6) is 0.850. The minimum Gasteiger partial charge on any atom is -0.389 e. The van der Waals surface area contributed by atoms with Crippen LogP contribution in [0.25, 0.3) is 0 Å². The maximum absolute atomic E-state index is 10.2. The van der Waals surface area contributed by atoms with Crippen LogP contribution in [0.1, 0.15) is 27.2 Å². The fourth-order valence-electron chi connectivity index (χ4n) is 1.15. The lowest BCUT2D eigenvalue weighted by atomic mass is 10.1. The van der Waals surface area contributed by atoms with Crippen molar-refractivity contribution in [2.75, 3.05) is 5.75 Å². The molecule has 16 heavy (non-hydrogen) atoms. The van der Waals surface area contributed by atoms with E-state index in [0.717, 1.165) is 6.42 Å². The molecule has 0 radical (unpaired) electrons. The van der Waals surface area contributed by atoms with E-state index >= 15 is 0 Å². The number of carbonyl (C=O) groups excluding carboxylic acids is 1. The van der Waals surface area contributed by atoms with Gasteiger partial charge in [-0.2, -0.15) is 11.8 Å². The molecule has 0 aliphatic rings. The highest BCUT2D eigenvalue weighted by Crippen LogP contribution is 2.22. The van der Waals surface area contributed by atoms with Crippen LogP contribution < -0.4 is 0 Å². The van der Waals surface area contributed by atoms with E-state index in [0.29, 0.717) is 16.9 Å². The summed E-state index contributed by atoms with van der Waals surface area (Å²) in [5.41, 5.74) is 0. The van der Waals surface area contributed by atoms with Gasteiger partial charge in [0, 0.05) is 11.0 Å². The SMILES string of the molecule is CCC(C)C(C)SC[C@@H](O)[C@@H](O)[C@@H](O)C=O. The number of aldehydes is 1. The van der Waals surface area contributed by atoms with Gasteiger partial charge in [-0.25, -0.2) is 0 Å². The van der Waals surface area contributed by atoms with Gasteiger partial charge in [-0.05, 0) is 5.92 Å². The number of aliphatic hydroxyl groups is 3. The molecule has 2 unspecified atom stereocenters. The minimum absolute atomic E-state index is 0.233. The molecule has 0 fully saturated rings. The molecule has 96 valence electrons. The predicted octanol–water partition coefficient (Wildman–Crippen LogP) is 0.436. The zero-order chi connectivity index (χ0) is 12.7. The smallest absolute Gasteiger partial charge is 0.151 e. The molecule has 4 nitrogen and oxygen atoms in total. The van der Waals surface area contributed by atoms with E-state index in [1.54, 1.807) is 0 Å². The van der Waals surface area contributed by atoms with Gasteiger partial charge < -0.3 is 20.1 Å². The highest BCUT2D eigenvalue weighted by molar-refractivity contribution is 7.99. The number of aliphatic hydroxyl groups excluding tert-OH is 3. The van der Waals surface area contributed by atoms with Crippen molar-refractivity contribution < 1.29 is 20.1 Å². The van der Waals surface area contributed by atoms with E-state index in [9.17, 15) is 15.0 Å². The van der Waals surface area contributed by atoms with Gasteiger partial charge in [0.1, 0.15) is 12.2 Å². The lowest BCUT2D eigenvalue weighted by Gasteiger charge is -2.23. The molecule has 0 rings (SSSR count). The molecule has 5 heteroatoms. The Labute approximate surface area is 101 Å². The van der Waals surface area contributed by atoms with Crippen molar-refractivity contribution in [3.63, 3.8) is 0 Å². The summed E-state index contributed by atoms with van der Waals surface area (Å²) in [7, 11) is 0. The second-order valence-electron chi connectivity index (χ2n) is 4.11. The lowest BCUT2D eigenvalue weighted by molar-refractivity contribution is -0.124. The molecule has 0 spiro atoms. The molecule has 0 amide bonds. The van der Waals surface area contributed by atoms with Crippen molar-refractivity contribution in [2.45, 2.75) is 50.8 Å². The maximum atomic E-state index is 10.2. The number of thioether (sulfide) groups is 1. The van der Waals surface area contributed by atoms with E-state index < -0.39 is 18.3 Å². The molecule has 0 aromatic carbocycles. The third-order valence-electron chi connectivity index (χ3n) is 2.86. The molecule has 0 saturated carbocycles. The van der Waals surface area contributed by atoms with Crippen molar-refractivity contribution in [1.82, 2.24) is 0 Å². The average Bonchev–Trinajstić information content (AvgIpc) is 2.32. The summed E-state index contributed by atoms with van der Waals surface area (Å²) in [4.78, 5) is 10.2. The molecule has 0 heterocycles. The van der Waals surface area contributed by atoms with Crippen LogP contribution >= 0.6 is 11.8 Å². The molecule has 0 aliphatic carbocycles. The Morgan fingerprint density at radius 1 is 1.25 bits per heavy atom. The van der Waals surface area contributed by atoms with Crippen LogP contribution in [0.5, 0.6) is 0 Å². The van der Waals surface area contributed by atoms with Gasteiger partial charge in [0.2, 0.25) is 0 Å². The molecule has 0 saturated heterocycles. The van der Waals surface area contributed by atoms with Gasteiger partial charge in [-0.15, -0.1) is 0 Å². The van der Waals surface area contributed by atoms with Crippen LogP contribution in [0.4, 0.5) is 0 Å². The second-order valence-corrected chi connectivity index (χ2v) is 5.52. The monoisotopic (exact) mass is 250 g/mol. The van der Waals surface area contributed by atoms with E-state index in [4.69, 9.17) is 5.11 Å². The van der Waals surface area contributed by atoms with E-state index in [1.165, 1.54) is 11.8 Å². The zero-order valence-corrected chi connectivity index (χ0v) is 10.9. The molecule has 0 aromatic rings. The number of rotatable bonds is 8. The van der Waals surface area contributed by atoms with E-state index in [-0.39, 0.29) is 6.29 Å². The molecule has 0 aromatic heterocycles.